The summed E-state index contributed by atoms with van der Waals surface area (Å²) in [6.45, 7) is 0.798. The molecule has 0 fully saturated rings. The van der Waals surface area contributed by atoms with Gasteiger partial charge >= 0.3 is 0 Å². The van der Waals surface area contributed by atoms with E-state index in [1.807, 2.05) is 25.1 Å². The molecule has 39 heavy (non-hydrogen) atoms. The Morgan fingerprint density at radius 2 is 2.00 bits per heavy atom. The molecule has 202 valence electrons. The normalized spacial score (nSPS) is 13.3. The molecule has 12 heteroatoms. The van der Waals surface area contributed by atoms with Crippen LogP contribution in [0.4, 0.5) is 31.7 Å². The summed E-state index contributed by atoms with van der Waals surface area (Å²) in [4.78, 5) is 38.0. The summed E-state index contributed by atoms with van der Waals surface area (Å²) in [5.74, 6) is -1.34. The summed E-state index contributed by atoms with van der Waals surface area (Å²) in [6, 6.07) is 8.70. The molecular weight excluding hydrogens is 508 g/mol. The second kappa shape index (κ2) is 10.3. The topological polar surface area (TPSA) is 97.0 Å². The van der Waals surface area contributed by atoms with E-state index >= 15 is 0 Å². The molecule has 2 aromatic heterocycles. The van der Waals surface area contributed by atoms with Gasteiger partial charge in [-0.15, -0.1) is 0 Å². The van der Waals surface area contributed by atoms with Crippen molar-refractivity contribution in [3.8, 4) is 5.75 Å². The van der Waals surface area contributed by atoms with Crippen LogP contribution in [0.1, 0.15) is 5.56 Å². The predicted molar refractivity (Wildman–Crippen MR) is 143 cm³/mol. The molecule has 0 spiro atoms. The van der Waals surface area contributed by atoms with Crippen LogP contribution in [0.5, 0.6) is 5.75 Å². The number of hydrogen-bond acceptors (Lipinski definition) is 7. The second-order valence-corrected chi connectivity index (χ2v) is 9.45. The lowest BCUT2D eigenvalue weighted by atomic mass is 10.1. The number of anilines is 3. The molecule has 0 atom stereocenters. The summed E-state index contributed by atoms with van der Waals surface area (Å²) in [5.41, 5.74) is 2.80. The first-order valence-corrected chi connectivity index (χ1v) is 12.2. The van der Waals surface area contributed by atoms with Crippen LogP contribution < -0.4 is 20.6 Å². The molecule has 1 amide bonds. The van der Waals surface area contributed by atoms with Gasteiger partial charge in [-0.2, -0.15) is 4.98 Å². The number of likely N-dealkylation sites (N-methyl/N-ethyl adjacent to an activating group) is 1. The number of benzene rings is 2. The van der Waals surface area contributed by atoms with Crippen LogP contribution in [0.2, 0.25) is 0 Å². The first-order valence-electron chi connectivity index (χ1n) is 12.2. The minimum absolute atomic E-state index is 0.0202. The third kappa shape index (κ3) is 4.86. The summed E-state index contributed by atoms with van der Waals surface area (Å²) < 4.78 is 36.0. The Kier molecular flexibility index (Phi) is 6.87. The molecule has 2 aromatic carbocycles. The molecule has 10 nitrogen and oxygen atoms in total. The zero-order valence-electron chi connectivity index (χ0n) is 21.9. The quantitative estimate of drug-likeness (QED) is 0.366. The number of hydrogen-bond donors (Lipinski definition) is 1. The number of halogens is 2. The molecule has 0 radical (unpaired) electrons. The van der Waals surface area contributed by atoms with E-state index < -0.39 is 11.6 Å². The molecule has 4 aromatic rings. The Bertz CT molecular complexity index is 1680. The number of fused-ring (bicyclic) bond motifs is 2. The number of ether oxygens (including phenoxy) is 1. The van der Waals surface area contributed by atoms with Crippen LogP contribution in [-0.2, 0) is 23.1 Å². The number of methoxy groups -OCH3 is 1. The van der Waals surface area contributed by atoms with E-state index in [0.717, 1.165) is 23.4 Å². The van der Waals surface area contributed by atoms with Gasteiger partial charge in [-0.05, 0) is 56.4 Å². The molecule has 0 unspecified atom stereocenters. The van der Waals surface area contributed by atoms with Crippen molar-refractivity contribution in [2.45, 2.75) is 6.42 Å². The van der Waals surface area contributed by atoms with Gasteiger partial charge < -0.3 is 24.4 Å². The Labute approximate surface area is 222 Å². The van der Waals surface area contributed by atoms with Crippen molar-refractivity contribution in [3.63, 3.8) is 0 Å². The maximum atomic E-state index is 13.9. The van der Waals surface area contributed by atoms with Gasteiger partial charge in [0.05, 0.1) is 19.0 Å². The van der Waals surface area contributed by atoms with E-state index in [-0.39, 0.29) is 29.6 Å². The molecule has 5 rings (SSSR count). The van der Waals surface area contributed by atoms with Gasteiger partial charge in [0.25, 0.3) is 0 Å². The fourth-order valence-electron chi connectivity index (χ4n) is 4.62. The highest BCUT2D eigenvalue weighted by atomic mass is 19.2. The number of carbonyl (C=O) groups is 2. The second-order valence-electron chi connectivity index (χ2n) is 9.45. The van der Waals surface area contributed by atoms with Crippen LogP contribution >= 0.6 is 0 Å². The zero-order chi connectivity index (χ0) is 27.8. The van der Waals surface area contributed by atoms with Crippen LogP contribution in [0.15, 0.2) is 47.6 Å². The van der Waals surface area contributed by atoms with Crippen molar-refractivity contribution in [2.24, 2.45) is 12.0 Å². The standard InChI is InChI=1S/C27H27F2N7O3/c1-33(2)14-24(38)35-10-7-16-11-23(39-4)21(13-22(16)35)31-27-32-25-18(8-9-34(25)3)26(36(27)15-37)30-17-5-6-19(28)20(29)12-17/h5-6,8-9,11-13,15,30H,7,10,14H2,1-4H3. The number of nitrogens with zero attached hydrogens (tertiary/aromatic N) is 6. The van der Waals surface area contributed by atoms with Crippen molar-refractivity contribution in [3.05, 3.63) is 65.4 Å². The maximum Gasteiger partial charge on any atom is 0.241 e. The number of nitrogens with one attached hydrogen (secondary N) is 1. The Balaban J connectivity index is 1.69. The monoisotopic (exact) mass is 535 g/mol. The van der Waals surface area contributed by atoms with E-state index in [1.54, 1.807) is 34.8 Å². The lowest BCUT2D eigenvalue weighted by Gasteiger charge is -2.20. The Hall–Kier alpha value is -4.58. The van der Waals surface area contributed by atoms with Gasteiger partial charge in [0.2, 0.25) is 17.9 Å². The van der Waals surface area contributed by atoms with E-state index in [9.17, 15) is 18.4 Å². The molecule has 0 saturated heterocycles. The largest absolute Gasteiger partial charge is 0.494 e. The molecule has 0 aliphatic carbocycles. The van der Waals surface area contributed by atoms with Gasteiger partial charge in [0.1, 0.15) is 22.9 Å². The van der Waals surface area contributed by atoms with Crippen molar-refractivity contribution >= 4 is 46.2 Å². The van der Waals surface area contributed by atoms with Crippen LogP contribution in [0, 0.1) is 11.6 Å². The molecule has 0 saturated carbocycles. The van der Waals surface area contributed by atoms with Crippen molar-refractivity contribution in [1.29, 1.82) is 0 Å². The highest BCUT2D eigenvalue weighted by Gasteiger charge is 2.27. The molecule has 0 bridgehead atoms. The molecule has 1 N–H and O–H groups in total. The maximum absolute atomic E-state index is 13.9. The number of aryl methyl sites for hydroxylation is 1. The fourth-order valence-corrected chi connectivity index (χ4v) is 4.62. The minimum atomic E-state index is -1.03. The lowest BCUT2D eigenvalue weighted by Crippen LogP contribution is -2.36. The summed E-state index contributed by atoms with van der Waals surface area (Å²) in [6.07, 6.45) is 2.97. The van der Waals surface area contributed by atoms with Crippen LogP contribution in [0.25, 0.3) is 11.0 Å². The third-order valence-electron chi connectivity index (χ3n) is 6.49. The lowest BCUT2D eigenvalue weighted by molar-refractivity contribution is -0.119. The predicted octanol–water partition coefficient (Wildman–Crippen LogP) is 3.13. The Morgan fingerprint density at radius 3 is 2.69 bits per heavy atom. The van der Waals surface area contributed by atoms with E-state index in [0.29, 0.717) is 41.8 Å². The van der Waals surface area contributed by atoms with Gasteiger partial charge in [-0.25, -0.2) is 18.3 Å². The smallest absolute Gasteiger partial charge is 0.241 e. The highest BCUT2D eigenvalue weighted by Crippen LogP contribution is 2.39. The zero-order valence-corrected chi connectivity index (χ0v) is 21.9. The molecule has 1 aliphatic heterocycles. The SMILES string of the molecule is COc1cc2c(cc1N=c1nc3c(ccn3C)c(Nc3ccc(F)c(F)c3)n1C=O)N(C(=O)CN(C)C)CC2. The first kappa shape index (κ1) is 26.0. The fraction of sp³-hybridized carbons (Fsp3) is 0.259. The van der Waals surface area contributed by atoms with Crippen LogP contribution in [0.3, 0.4) is 0 Å². The van der Waals surface area contributed by atoms with Crippen molar-refractivity contribution in [2.75, 3.05) is 44.5 Å². The van der Waals surface area contributed by atoms with Crippen molar-refractivity contribution in [1.82, 2.24) is 19.0 Å². The van der Waals surface area contributed by atoms with E-state index in [2.05, 4.69) is 15.3 Å². The van der Waals surface area contributed by atoms with Gasteiger partial charge in [-0.1, -0.05) is 0 Å². The van der Waals surface area contributed by atoms with Crippen molar-refractivity contribution < 1.29 is 23.1 Å². The van der Waals surface area contributed by atoms with Gasteiger partial charge in [-0.3, -0.25) is 9.59 Å². The van der Waals surface area contributed by atoms with Gasteiger partial charge in [0, 0.05) is 37.2 Å². The molecule has 1 aliphatic rings. The van der Waals surface area contributed by atoms with Gasteiger partial charge in [0.15, 0.2) is 11.6 Å². The summed E-state index contributed by atoms with van der Waals surface area (Å²) in [7, 11) is 6.97. The molecular formula is C27H27F2N7O3. The van der Waals surface area contributed by atoms with E-state index in [1.165, 1.54) is 17.7 Å². The number of aromatic nitrogens is 3. The number of amides is 1. The highest BCUT2D eigenvalue weighted by molar-refractivity contribution is 5.97. The third-order valence-corrected chi connectivity index (χ3v) is 6.49. The summed E-state index contributed by atoms with van der Waals surface area (Å²) >= 11 is 0. The summed E-state index contributed by atoms with van der Waals surface area (Å²) in [5, 5.41) is 3.57. The Morgan fingerprint density at radius 1 is 1.21 bits per heavy atom. The first-order chi connectivity index (χ1) is 18.7. The average Bonchev–Trinajstić information content (AvgIpc) is 3.48. The van der Waals surface area contributed by atoms with Crippen LogP contribution in [-0.4, -0.2) is 65.6 Å². The van der Waals surface area contributed by atoms with E-state index in [4.69, 9.17) is 4.74 Å². The molecule has 3 heterocycles. The number of carbonyl (C=O) groups excluding carboxylic acids is 2. The number of rotatable bonds is 7. The minimum Gasteiger partial charge on any atom is -0.494 e. The average molecular weight is 536 g/mol.